The summed E-state index contributed by atoms with van der Waals surface area (Å²) in [5, 5.41) is 4.91. The maximum atomic E-state index is 13.1. The van der Waals surface area contributed by atoms with Gasteiger partial charge in [-0.05, 0) is 84.5 Å². The zero-order valence-corrected chi connectivity index (χ0v) is 19.7. The molecule has 1 aliphatic carbocycles. The van der Waals surface area contributed by atoms with Gasteiger partial charge in [0, 0.05) is 21.7 Å². The van der Waals surface area contributed by atoms with Crippen LogP contribution in [0.2, 0.25) is 10.0 Å². The van der Waals surface area contributed by atoms with Gasteiger partial charge in [-0.3, -0.25) is 4.72 Å². The van der Waals surface area contributed by atoms with Crippen LogP contribution in [0.1, 0.15) is 35.1 Å². The fourth-order valence-corrected chi connectivity index (χ4v) is 6.31. The highest BCUT2D eigenvalue weighted by molar-refractivity contribution is 7.92. The summed E-state index contributed by atoms with van der Waals surface area (Å²) in [5.74, 6) is 0.438. The Morgan fingerprint density at radius 3 is 2.59 bits per heavy atom. The molecule has 2 aliphatic rings. The van der Waals surface area contributed by atoms with Gasteiger partial charge in [0.25, 0.3) is 10.0 Å². The number of hydrogen-bond donors (Lipinski definition) is 2. The molecule has 4 nitrogen and oxygen atoms in total. The van der Waals surface area contributed by atoms with Crippen LogP contribution in [0, 0.1) is 12.8 Å². The Morgan fingerprint density at radius 1 is 1.00 bits per heavy atom. The highest BCUT2D eigenvalue weighted by Gasteiger charge is 2.38. The van der Waals surface area contributed by atoms with Crippen LogP contribution >= 0.6 is 23.2 Å². The molecule has 1 heterocycles. The second-order valence-corrected chi connectivity index (χ2v) is 10.9. The zero-order valence-electron chi connectivity index (χ0n) is 17.3. The summed E-state index contributed by atoms with van der Waals surface area (Å²) >= 11 is 12.2. The molecule has 7 heteroatoms. The first kappa shape index (κ1) is 21.4. The van der Waals surface area contributed by atoms with E-state index in [1.807, 2.05) is 31.2 Å². The number of halogens is 2. The van der Waals surface area contributed by atoms with Crippen molar-refractivity contribution < 1.29 is 8.42 Å². The lowest BCUT2D eigenvalue weighted by Crippen LogP contribution is -2.29. The molecule has 0 saturated heterocycles. The second kappa shape index (κ2) is 8.14. The summed E-state index contributed by atoms with van der Waals surface area (Å²) in [5.41, 5.74) is 4.37. The molecular formula is C25H22Cl2N2O2S. The molecule has 32 heavy (non-hydrogen) atoms. The summed E-state index contributed by atoms with van der Waals surface area (Å²) < 4.78 is 29.0. The van der Waals surface area contributed by atoms with E-state index in [9.17, 15) is 8.42 Å². The van der Waals surface area contributed by atoms with Gasteiger partial charge in [0.1, 0.15) is 0 Å². The minimum absolute atomic E-state index is 0.110. The quantitative estimate of drug-likeness (QED) is 0.394. The molecule has 0 saturated carbocycles. The van der Waals surface area contributed by atoms with Gasteiger partial charge >= 0.3 is 0 Å². The standard InChI is InChI=1S/C25H22Cl2N2O2S/c1-15-12-18(27)8-10-23(15)29-32(30,31)19-9-11-24-22(14-19)20-6-3-7-21(20)25(28-24)16-4-2-5-17(26)13-16/h2-6,8-14,20-21,25,28-29H,7H2,1H3/t20-,21+,25+/m1/s1. The van der Waals surface area contributed by atoms with Gasteiger partial charge in [-0.15, -0.1) is 0 Å². The van der Waals surface area contributed by atoms with Crippen molar-refractivity contribution in [3.8, 4) is 0 Å². The van der Waals surface area contributed by atoms with Crippen LogP contribution in [0.3, 0.4) is 0 Å². The maximum absolute atomic E-state index is 13.1. The molecule has 164 valence electrons. The number of anilines is 2. The van der Waals surface area contributed by atoms with Gasteiger partial charge in [-0.25, -0.2) is 8.42 Å². The Balaban J connectivity index is 1.49. The second-order valence-electron chi connectivity index (χ2n) is 8.34. The van der Waals surface area contributed by atoms with E-state index in [0.717, 1.165) is 28.8 Å². The van der Waals surface area contributed by atoms with Crippen molar-refractivity contribution in [3.63, 3.8) is 0 Å². The molecule has 3 atom stereocenters. The molecule has 2 N–H and O–H groups in total. The van der Waals surface area contributed by atoms with Crippen molar-refractivity contribution in [2.24, 2.45) is 5.92 Å². The Labute approximate surface area is 198 Å². The van der Waals surface area contributed by atoms with Crippen molar-refractivity contribution in [2.45, 2.75) is 30.2 Å². The van der Waals surface area contributed by atoms with Crippen LogP contribution in [0.15, 0.2) is 77.7 Å². The molecule has 0 amide bonds. The average Bonchev–Trinajstić information content (AvgIpc) is 3.25. The van der Waals surface area contributed by atoms with E-state index in [1.54, 1.807) is 30.3 Å². The average molecular weight is 485 g/mol. The largest absolute Gasteiger partial charge is 0.378 e. The fraction of sp³-hybridized carbons (Fsp3) is 0.200. The number of sulfonamides is 1. The van der Waals surface area contributed by atoms with Crippen LogP contribution < -0.4 is 10.0 Å². The summed E-state index contributed by atoms with van der Waals surface area (Å²) in [6.45, 7) is 1.82. The first-order valence-electron chi connectivity index (χ1n) is 10.4. The number of fused-ring (bicyclic) bond motifs is 3. The Bertz CT molecular complexity index is 1340. The Morgan fingerprint density at radius 2 is 1.81 bits per heavy atom. The lowest BCUT2D eigenvalue weighted by Gasteiger charge is -2.37. The fourth-order valence-electron chi connectivity index (χ4n) is 4.71. The maximum Gasteiger partial charge on any atom is 0.261 e. The molecule has 0 fully saturated rings. The highest BCUT2D eigenvalue weighted by Crippen LogP contribution is 2.50. The lowest BCUT2D eigenvalue weighted by molar-refractivity contribution is 0.425. The number of rotatable bonds is 4. The van der Waals surface area contributed by atoms with Gasteiger partial charge in [0.2, 0.25) is 0 Å². The third-order valence-electron chi connectivity index (χ3n) is 6.29. The highest BCUT2D eigenvalue weighted by atomic mass is 35.5. The minimum Gasteiger partial charge on any atom is -0.378 e. The Kier molecular flexibility index (Phi) is 5.44. The third-order valence-corrected chi connectivity index (χ3v) is 8.12. The van der Waals surface area contributed by atoms with Crippen molar-refractivity contribution in [1.29, 1.82) is 0 Å². The predicted molar refractivity (Wildman–Crippen MR) is 131 cm³/mol. The first-order valence-corrected chi connectivity index (χ1v) is 12.7. The zero-order chi connectivity index (χ0) is 22.5. The van der Waals surface area contributed by atoms with Gasteiger partial charge in [0.05, 0.1) is 16.6 Å². The number of allylic oxidation sites excluding steroid dienone is 2. The van der Waals surface area contributed by atoms with Crippen LogP contribution in [-0.4, -0.2) is 8.42 Å². The number of aryl methyl sites for hydroxylation is 1. The molecule has 3 aromatic rings. The van der Waals surface area contributed by atoms with Gasteiger partial charge in [-0.1, -0.05) is 47.5 Å². The van der Waals surface area contributed by atoms with Crippen molar-refractivity contribution in [2.75, 3.05) is 10.0 Å². The van der Waals surface area contributed by atoms with E-state index in [4.69, 9.17) is 23.2 Å². The van der Waals surface area contributed by atoms with Gasteiger partial charge < -0.3 is 5.32 Å². The number of nitrogens with one attached hydrogen (secondary N) is 2. The molecular weight excluding hydrogens is 463 g/mol. The van der Waals surface area contributed by atoms with Crippen molar-refractivity contribution in [3.05, 3.63) is 99.6 Å². The summed E-state index contributed by atoms with van der Waals surface area (Å²) in [4.78, 5) is 0.243. The third kappa shape index (κ3) is 3.90. The molecule has 0 aromatic heterocycles. The van der Waals surface area contributed by atoms with Crippen molar-refractivity contribution in [1.82, 2.24) is 0 Å². The molecule has 5 rings (SSSR count). The summed E-state index contributed by atoms with van der Waals surface area (Å²) in [7, 11) is -3.74. The number of hydrogen-bond acceptors (Lipinski definition) is 3. The topological polar surface area (TPSA) is 58.2 Å². The first-order chi connectivity index (χ1) is 15.3. The van der Waals surface area contributed by atoms with E-state index in [0.29, 0.717) is 21.7 Å². The van der Waals surface area contributed by atoms with Gasteiger partial charge in [-0.2, -0.15) is 0 Å². The van der Waals surface area contributed by atoms with Gasteiger partial charge in [0.15, 0.2) is 0 Å². The van der Waals surface area contributed by atoms with E-state index in [-0.39, 0.29) is 16.9 Å². The monoisotopic (exact) mass is 484 g/mol. The molecule has 0 unspecified atom stereocenters. The van der Waals surface area contributed by atoms with E-state index in [2.05, 4.69) is 28.3 Å². The van der Waals surface area contributed by atoms with E-state index >= 15 is 0 Å². The SMILES string of the molecule is Cc1cc(Cl)ccc1NS(=O)(=O)c1ccc2c(c1)[C@@H]1C=CC[C@@H]1[C@H](c1cccc(Cl)c1)N2. The molecule has 1 aliphatic heterocycles. The van der Waals surface area contributed by atoms with Crippen LogP contribution in [0.25, 0.3) is 0 Å². The van der Waals surface area contributed by atoms with Crippen molar-refractivity contribution >= 4 is 44.6 Å². The van der Waals surface area contributed by atoms with Crippen LogP contribution in [0.4, 0.5) is 11.4 Å². The van der Waals surface area contributed by atoms with E-state index in [1.165, 1.54) is 0 Å². The predicted octanol–water partition coefficient (Wildman–Crippen LogP) is 6.93. The van der Waals surface area contributed by atoms with E-state index < -0.39 is 10.0 Å². The summed E-state index contributed by atoms with van der Waals surface area (Å²) in [6, 6.07) is 18.4. The smallest absolute Gasteiger partial charge is 0.261 e. The lowest BCUT2D eigenvalue weighted by atomic mass is 9.77. The molecule has 3 aromatic carbocycles. The minimum atomic E-state index is -3.74. The number of benzene rings is 3. The Hall–Kier alpha value is -2.47. The molecule has 0 spiro atoms. The molecule has 0 bridgehead atoms. The molecule has 0 radical (unpaired) electrons. The summed E-state index contributed by atoms with van der Waals surface area (Å²) in [6.07, 6.45) is 5.29. The van der Waals surface area contributed by atoms with Crippen LogP contribution in [0.5, 0.6) is 0 Å². The normalized spacial score (nSPS) is 21.5. The van der Waals surface area contributed by atoms with Crippen LogP contribution in [-0.2, 0) is 10.0 Å².